The first-order chi connectivity index (χ1) is 10.5. The van der Waals surface area contributed by atoms with Crippen LogP contribution in [0.1, 0.15) is 29.6 Å². The fourth-order valence-corrected chi connectivity index (χ4v) is 3.60. The van der Waals surface area contributed by atoms with E-state index in [1.54, 1.807) is 0 Å². The van der Waals surface area contributed by atoms with E-state index in [4.69, 9.17) is 4.74 Å². The van der Waals surface area contributed by atoms with Gasteiger partial charge in [0, 0.05) is 12.1 Å². The normalized spacial score (nSPS) is 18.0. The second-order valence-electron chi connectivity index (χ2n) is 4.96. The molecule has 1 aromatic carbocycles. The second kappa shape index (κ2) is 6.93. The molecule has 1 aliphatic rings. The molecule has 0 saturated carbocycles. The minimum absolute atomic E-state index is 0.0616. The van der Waals surface area contributed by atoms with Crippen molar-refractivity contribution in [3.8, 4) is 5.75 Å². The van der Waals surface area contributed by atoms with Crippen LogP contribution in [-0.4, -0.2) is 34.6 Å². The van der Waals surface area contributed by atoms with Gasteiger partial charge in [-0.1, -0.05) is 12.2 Å². The Kier molecular flexibility index (Phi) is 5.20. The van der Waals surface area contributed by atoms with Crippen molar-refractivity contribution < 1.29 is 22.7 Å². The van der Waals surface area contributed by atoms with Crippen molar-refractivity contribution in [3.63, 3.8) is 0 Å². The Labute approximate surface area is 130 Å². The number of allylic oxidation sites excluding steroid dienone is 1. The van der Waals surface area contributed by atoms with E-state index in [1.165, 1.54) is 32.4 Å². The van der Waals surface area contributed by atoms with Gasteiger partial charge in [0.2, 0.25) is 10.0 Å². The number of methoxy groups -OCH3 is 2. The maximum atomic E-state index is 12.4. The number of hydrogen-bond donors (Lipinski definition) is 1. The SMILES string of the molecule is COC(=O)c1ccc(S(=O)(=O)NC2CC=CCC2)cc1OC. The highest BCUT2D eigenvalue weighted by Gasteiger charge is 2.23. The van der Waals surface area contributed by atoms with Crippen molar-refractivity contribution in [2.75, 3.05) is 14.2 Å². The Balaban J connectivity index is 2.27. The van der Waals surface area contributed by atoms with Gasteiger partial charge in [0.25, 0.3) is 0 Å². The van der Waals surface area contributed by atoms with Gasteiger partial charge in [-0.25, -0.2) is 17.9 Å². The van der Waals surface area contributed by atoms with Crippen molar-refractivity contribution in [2.24, 2.45) is 0 Å². The molecule has 0 saturated heterocycles. The summed E-state index contributed by atoms with van der Waals surface area (Å²) < 4.78 is 37.2. The van der Waals surface area contributed by atoms with E-state index in [0.717, 1.165) is 12.8 Å². The summed E-state index contributed by atoms with van der Waals surface area (Å²) in [4.78, 5) is 11.7. The molecule has 1 aliphatic carbocycles. The van der Waals surface area contributed by atoms with Crippen LogP contribution in [0.4, 0.5) is 0 Å². The topological polar surface area (TPSA) is 81.7 Å². The fraction of sp³-hybridized carbons (Fsp3) is 0.400. The first-order valence-corrected chi connectivity index (χ1v) is 8.40. The third-order valence-corrected chi connectivity index (χ3v) is 5.00. The summed E-state index contributed by atoms with van der Waals surface area (Å²) in [6.07, 6.45) is 6.32. The number of sulfonamides is 1. The highest BCUT2D eigenvalue weighted by Crippen LogP contribution is 2.24. The van der Waals surface area contributed by atoms with E-state index in [1.807, 2.05) is 12.2 Å². The number of carbonyl (C=O) groups is 1. The summed E-state index contributed by atoms with van der Waals surface area (Å²) in [5.74, 6) is -0.413. The van der Waals surface area contributed by atoms with Crippen molar-refractivity contribution in [1.82, 2.24) is 4.72 Å². The molecule has 0 radical (unpaired) electrons. The molecule has 0 aromatic heterocycles. The lowest BCUT2D eigenvalue weighted by molar-refractivity contribution is 0.0597. The van der Waals surface area contributed by atoms with Crippen molar-refractivity contribution >= 4 is 16.0 Å². The zero-order valence-electron chi connectivity index (χ0n) is 12.5. The van der Waals surface area contributed by atoms with Gasteiger partial charge in [-0.2, -0.15) is 0 Å². The molecule has 0 heterocycles. The zero-order chi connectivity index (χ0) is 16.2. The van der Waals surface area contributed by atoms with Crippen LogP contribution in [0.3, 0.4) is 0 Å². The smallest absolute Gasteiger partial charge is 0.341 e. The number of carbonyl (C=O) groups excluding carboxylic acids is 1. The monoisotopic (exact) mass is 325 g/mol. The number of ether oxygens (including phenoxy) is 2. The summed E-state index contributed by atoms with van der Waals surface area (Å²) in [5, 5.41) is 0. The molecule has 2 rings (SSSR count). The molecule has 7 heteroatoms. The number of hydrogen-bond acceptors (Lipinski definition) is 5. The molecule has 1 atom stereocenters. The lowest BCUT2D eigenvalue weighted by atomic mass is 10.0. The lowest BCUT2D eigenvalue weighted by Gasteiger charge is -2.19. The maximum Gasteiger partial charge on any atom is 0.341 e. The Hall–Kier alpha value is -1.86. The van der Waals surface area contributed by atoms with Crippen molar-refractivity contribution in [3.05, 3.63) is 35.9 Å². The average Bonchev–Trinajstić information content (AvgIpc) is 2.54. The van der Waals surface area contributed by atoms with Gasteiger partial charge in [-0.3, -0.25) is 0 Å². The Bertz CT molecular complexity index is 681. The molecule has 0 spiro atoms. The summed E-state index contributed by atoms with van der Waals surface area (Å²) in [6, 6.07) is 3.98. The molecule has 1 unspecified atom stereocenters. The van der Waals surface area contributed by atoms with E-state index in [2.05, 4.69) is 9.46 Å². The van der Waals surface area contributed by atoms with Crippen molar-refractivity contribution in [2.45, 2.75) is 30.2 Å². The standard InChI is InChI=1S/C15H19NO5S/c1-20-14-10-12(8-9-13(14)15(17)21-2)22(18,19)16-11-6-4-3-5-7-11/h3-4,8-11,16H,5-7H2,1-2H3. The predicted molar refractivity (Wildman–Crippen MR) is 81.4 cm³/mol. The molecule has 1 aromatic rings. The lowest BCUT2D eigenvalue weighted by Crippen LogP contribution is -2.35. The highest BCUT2D eigenvalue weighted by atomic mass is 32.2. The van der Waals surface area contributed by atoms with Crippen LogP contribution in [-0.2, 0) is 14.8 Å². The molecular formula is C15H19NO5S. The highest BCUT2D eigenvalue weighted by molar-refractivity contribution is 7.89. The molecule has 0 fully saturated rings. The third-order valence-electron chi connectivity index (χ3n) is 3.48. The molecule has 0 amide bonds. The quantitative estimate of drug-likeness (QED) is 0.660. The number of benzene rings is 1. The molecule has 0 aliphatic heterocycles. The van der Waals surface area contributed by atoms with Crippen LogP contribution in [0.5, 0.6) is 5.75 Å². The minimum Gasteiger partial charge on any atom is -0.496 e. The van der Waals surface area contributed by atoms with Gasteiger partial charge in [0.15, 0.2) is 0 Å². The molecule has 120 valence electrons. The van der Waals surface area contributed by atoms with Gasteiger partial charge in [-0.05, 0) is 31.4 Å². The van der Waals surface area contributed by atoms with Crippen LogP contribution in [0.2, 0.25) is 0 Å². The molecule has 6 nitrogen and oxygen atoms in total. The maximum absolute atomic E-state index is 12.4. The number of rotatable bonds is 5. The Morgan fingerprint density at radius 2 is 2.05 bits per heavy atom. The predicted octanol–water partition coefficient (Wildman–Crippen LogP) is 1.87. The van der Waals surface area contributed by atoms with E-state index in [0.29, 0.717) is 6.42 Å². The van der Waals surface area contributed by atoms with Crippen LogP contribution in [0, 0.1) is 0 Å². The summed E-state index contributed by atoms with van der Waals surface area (Å²) >= 11 is 0. The van der Waals surface area contributed by atoms with Crippen LogP contribution < -0.4 is 9.46 Å². The molecule has 22 heavy (non-hydrogen) atoms. The summed E-state index contributed by atoms with van der Waals surface area (Å²) in [7, 11) is -1.03. The van der Waals surface area contributed by atoms with Gasteiger partial charge < -0.3 is 9.47 Å². The minimum atomic E-state index is -3.66. The van der Waals surface area contributed by atoms with Gasteiger partial charge >= 0.3 is 5.97 Å². The first-order valence-electron chi connectivity index (χ1n) is 6.91. The van der Waals surface area contributed by atoms with Crippen molar-refractivity contribution in [1.29, 1.82) is 0 Å². The summed E-state index contributed by atoms with van der Waals surface area (Å²) in [5.41, 5.74) is 0.185. The van der Waals surface area contributed by atoms with Crippen LogP contribution in [0.25, 0.3) is 0 Å². The fourth-order valence-electron chi connectivity index (χ4n) is 2.31. The first kappa shape index (κ1) is 16.5. The van der Waals surface area contributed by atoms with E-state index >= 15 is 0 Å². The second-order valence-corrected chi connectivity index (χ2v) is 6.67. The van der Waals surface area contributed by atoms with E-state index in [-0.39, 0.29) is 22.3 Å². The number of esters is 1. The Morgan fingerprint density at radius 3 is 2.64 bits per heavy atom. The van der Waals surface area contributed by atoms with Crippen LogP contribution in [0.15, 0.2) is 35.2 Å². The molecule has 0 bridgehead atoms. The van der Waals surface area contributed by atoms with Gasteiger partial charge in [0.1, 0.15) is 11.3 Å². The van der Waals surface area contributed by atoms with Crippen LogP contribution >= 0.6 is 0 Å². The zero-order valence-corrected chi connectivity index (χ0v) is 13.4. The number of nitrogens with one attached hydrogen (secondary N) is 1. The van der Waals surface area contributed by atoms with E-state index < -0.39 is 16.0 Å². The average molecular weight is 325 g/mol. The van der Waals surface area contributed by atoms with Gasteiger partial charge in [-0.15, -0.1) is 0 Å². The summed E-state index contributed by atoms with van der Waals surface area (Å²) in [6.45, 7) is 0. The van der Waals surface area contributed by atoms with E-state index in [9.17, 15) is 13.2 Å². The molecule has 1 N–H and O–H groups in total. The largest absolute Gasteiger partial charge is 0.496 e. The third kappa shape index (κ3) is 3.66. The van der Waals surface area contributed by atoms with Gasteiger partial charge in [0.05, 0.1) is 19.1 Å². The Morgan fingerprint density at radius 1 is 1.27 bits per heavy atom. The molecular weight excluding hydrogens is 306 g/mol.